The zero-order chi connectivity index (χ0) is 21.3. The van der Waals surface area contributed by atoms with Crippen LogP contribution in [-0.2, 0) is 17.4 Å². The van der Waals surface area contributed by atoms with Crippen LogP contribution in [0.25, 0.3) is 10.8 Å². The summed E-state index contributed by atoms with van der Waals surface area (Å²) < 4.78 is 39.1. The highest BCUT2D eigenvalue weighted by Gasteiger charge is 2.32. The van der Waals surface area contributed by atoms with Gasteiger partial charge >= 0.3 is 6.18 Å². The zero-order valence-corrected chi connectivity index (χ0v) is 16.1. The van der Waals surface area contributed by atoms with E-state index in [1.807, 2.05) is 0 Å². The molecule has 30 heavy (non-hydrogen) atoms. The minimum Gasteiger partial charge on any atom is -0.342 e. The molecule has 1 fully saturated rings. The smallest absolute Gasteiger partial charge is 0.342 e. The van der Waals surface area contributed by atoms with Crippen LogP contribution in [0.3, 0.4) is 0 Å². The highest BCUT2D eigenvalue weighted by atomic mass is 19.4. The Hall–Kier alpha value is -3.16. The van der Waals surface area contributed by atoms with E-state index < -0.39 is 11.7 Å². The SMILES string of the molecule is O=C(Cc1n[nH]c(=O)c2ccccc12)N1CCCC(c2cccc(C(F)(F)F)c2)C1. The normalized spacial score (nSPS) is 17.3. The van der Waals surface area contributed by atoms with Crippen LogP contribution in [0.15, 0.2) is 53.3 Å². The number of hydrogen-bond acceptors (Lipinski definition) is 3. The minimum atomic E-state index is -4.39. The number of piperidine rings is 1. The van der Waals surface area contributed by atoms with Gasteiger partial charge in [-0.05, 0) is 30.5 Å². The van der Waals surface area contributed by atoms with Crippen LogP contribution in [-0.4, -0.2) is 34.1 Å². The molecule has 2 aromatic carbocycles. The van der Waals surface area contributed by atoms with Gasteiger partial charge in [0.2, 0.25) is 5.91 Å². The van der Waals surface area contributed by atoms with Crippen LogP contribution in [0.5, 0.6) is 0 Å². The molecular weight excluding hydrogens is 395 g/mol. The summed E-state index contributed by atoms with van der Waals surface area (Å²) in [4.78, 5) is 26.5. The van der Waals surface area contributed by atoms with Crippen molar-refractivity contribution >= 4 is 16.7 Å². The molecule has 4 rings (SSSR count). The highest BCUT2D eigenvalue weighted by Crippen LogP contribution is 2.33. The number of fused-ring (bicyclic) bond motifs is 1. The van der Waals surface area contributed by atoms with Crippen molar-refractivity contribution in [3.63, 3.8) is 0 Å². The number of carbonyl (C=O) groups is 1. The van der Waals surface area contributed by atoms with Crippen LogP contribution in [0, 0.1) is 0 Å². The lowest BCUT2D eigenvalue weighted by atomic mass is 9.89. The Kier molecular flexibility index (Phi) is 5.32. The third kappa shape index (κ3) is 4.08. The maximum Gasteiger partial charge on any atom is 0.416 e. The molecule has 1 aromatic heterocycles. The molecule has 1 saturated heterocycles. The number of aromatic amines is 1. The number of rotatable bonds is 3. The van der Waals surface area contributed by atoms with Crippen LogP contribution in [0.4, 0.5) is 13.2 Å². The van der Waals surface area contributed by atoms with Crippen molar-refractivity contribution < 1.29 is 18.0 Å². The van der Waals surface area contributed by atoms with Crippen LogP contribution in [0.1, 0.15) is 35.6 Å². The summed E-state index contributed by atoms with van der Waals surface area (Å²) in [5.41, 5.74) is 0.0862. The summed E-state index contributed by atoms with van der Waals surface area (Å²) in [5, 5.41) is 7.56. The summed E-state index contributed by atoms with van der Waals surface area (Å²) >= 11 is 0. The fourth-order valence-corrected chi connectivity index (χ4v) is 4.01. The molecule has 5 nitrogen and oxygen atoms in total. The Morgan fingerprint density at radius 2 is 1.90 bits per heavy atom. The van der Waals surface area contributed by atoms with Crippen molar-refractivity contribution in [2.75, 3.05) is 13.1 Å². The summed E-state index contributed by atoms with van der Waals surface area (Å²) in [5.74, 6) is -0.304. The Balaban J connectivity index is 1.52. The molecule has 0 spiro atoms. The summed E-state index contributed by atoms with van der Waals surface area (Å²) in [6.07, 6.45) is -2.93. The molecule has 1 N–H and O–H groups in total. The van der Waals surface area contributed by atoms with E-state index >= 15 is 0 Å². The van der Waals surface area contributed by atoms with E-state index in [2.05, 4.69) is 10.2 Å². The van der Waals surface area contributed by atoms with Gasteiger partial charge in [0.15, 0.2) is 0 Å². The summed E-state index contributed by atoms with van der Waals surface area (Å²) in [6, 6.07) is 12.3. The number of alkyl halides is 3. The number of H-pyrrole nitrogens is 1. The maximum absolute atomic E-state index is 13.0. The molecule has 3 aromatic rings. The van der Waals surface area contributed by atoms with E-state index in [1.54, 1.807) is 35.2 Å². The van der Waals surface area contributed by atoms with E-state index in [0.717, 1.165) is 12.5 Å². The van der Waals surface area contributed by atoms with Gasteiger partial charge in [0.05, 0.1) is 23.1 Å². The Bertz CT molecular complexity index is 1140. The monoisotopic (exact) mass is 415 g/mol. The Morgan fingerprint density at radius 1 is 1.13 bits per heavy atom. The van der Waals surface area contributed by atoms with Crippen molar-refractivity contribution in [1.82, 2.24) is 15.1 Å². The molecule has 156 valence electrons. The number of nitrogens with zero attached hydrogens (tertiary/aromatic N) is 2. The number of aromatic nitrogens is 2. The molecule has 0 bridgehead atoms. The quantitative estimate of drug-likeness (QED) is 0.706. The van der Waals surface area contributed by atoms with Gasteiger partial charge in [-0.15, -0.1) is 0 Å². The molecule has 0 aliphatic carbocycles. The lowest BCUT2D eigenvalue weighted by molar-refractivity contribution is -0.137. The molecule has 8 heteroatoms. The molecule has 0 radical (unpaired) electrons. The number of likely N-dealkylation sites (tertiary alicyclic amines) is 1. The number of halogens is 3. The Labute approximate surface area is 170 Å². The van der Waals surface area contributed by atoms with Crippen molar-refractivity contribution in [3.8, 4) is 0 Å². The largest absolute Gasteiger partial charge is 0.416 e. The first-order valence-corrected chi connectivity index (χ1v) is 9.74. The first-order valence-electron chi connectivity index (χ1n) is 9.74. The second-order valence-corrected chi connectivity index (χ2v) is 7.52. The van der Waals surface area contributed by atoms with E-state index in [1.165, 1.54) is 12.1 Å². The molecule has 0 saturated carbocycles. The number of hydrogen-bond donors (Lipinski definition) is 1. The van der Waals surface area contributed by atoms with Gasteiger partial charge < -0.3 is 4.90 Å². The highest BCUT2D eigenvalue weighted by molar-refractivity contribution is 5.88. The number of nitrogens with one attached hydrogen (secondary N) is 1. The van der Waals surface area contributed by atoms with Crippen molar-refractivity contribution in [1.29, 1.82) is 0 Å². The van der Waals surface area contributed by atoms with Gasteiger partial charge in [0, 0.05) is 24.4 Å². The third-order valence-electron chi connectivity index (χ3n) is 5.55. The van der Waals surface area contributed by atoms with Crippen molar-refractivity contribution in [3.05, 3.63) is 75.7 Å². The Morgan fingerprint density at radius 3 is 2.67 bits per heavy atom. The number of carbonyl (C=O) groups excluding carboxylic acids is 1. The second kappa shape index (κ2) is 7.93. The number of benzene rings is 2. The molecule has 1 aliphatic rings. The average Bonchev–Trinajstić information content (AvgIpc) is 2.75. The lowest BCUT2D eigenvalue weighted by Crippen LogP contribution is -2.40. The maximum atomic E-state index is 13.0. The van der Waals surface area contributed by atoms with Crippen LogP contribution in [0.2, 0.25) is 0 Å². The van der Waals surface area contributed by atoms with Crippen molar-refractivity contribution in [2.24, 2.45) is 0 Å². The minimum absolute atomic E-state index is 0.0204. The lowest BCUT2D eigenvalue weighted by Gasteiger charge is -2.33. The molecule has 1 unspecified atom stereocenters. The van der Waals surface area contributed by atoms with Crippen molar-refractivity contribution in [2.45, 2.75) is 31.4 Å². The topological polar surface area (TPSA) is 66.1 Å². The van der Waals surface area contributed by atoms with Gasteiger partial charge in [-0.3, -0.25) is 9.59 Å². The first kappa shape index (κ1) is 20.1. The second-order valence-electron chi connectivity index (χ2n) is 7.52. The predicted octanol–water partition coefficient (Wildman–Crippen LogP) is 3.89. The summed E-state index contributed by atoms with van der Waals surface area (Å²) in [6.45, 7) is 0.914. The predicted molar refractivity (Wildman–Crippen MR) is 106 cm³/mol. The molecule has 1 amide bonds. The zero-order valence-electron chi connectivity index (χ0n) is 16.1. The summed E-state index contributed by atoms with van der Waals surface area (Å²) in [7, 11) is 0. The fourth-order valence-electron chi connectivity index (χ4n) is 4.01. The fraction of sp³-hybridized carbons (Fsp3) is 0.318. The van der Waals surface area contributed by atoms with Gasteiger partial charge in [0.1, 0.15) is 0 Å². The molecular formula is C22H20F3N3O2. The van der Waals surface area contributed by atoms with Crippen LogP contribution < -0.4 is 5.56 Å². The standard InChI is InChI=1S/C22H20F3N3O2/c23-22(24,25)16-7-3-5-14(11-16)15-6-4-10-28(13-15)20(29)12-19-17-8-1-2-9-18(17)21(30)27-26-19/h1-3,5,7-9,11,15H,4,6,10,12-13H2,(H,27,30). The molecule has 1 atom stereocenters. The van der Waals surface area contributed by atoms with Gasteiger partial charge in [-0.1, -0.05) is 36.4 Å². The van der Waals surface area contributed by atoms with Gasteiger partial charge in [-0.25, -0.2) is 5.10 Å². The molecule has 2 heterocycles. The van der Waals surface area contributed by atoms with Crippen LogP contribution >= 0.6 is 0 Å². The van der Waals surface area contributed by atoms with E-state index in [4.69, 9.17) is 0 Å². The van der Waals surface area contributed by atoms with Gasteiger partial charge in [0.25, 0.3) is 5.56 Å². The molecule has 1 aliphatic heterocycles. The van der Waals surface area contributed by atoms with E-state index in [0.29, 0.717) is 41.5 Å². The average molecular weight is 415 g/mol. The first-order chi connectivity index (χ1) is 14.3. The van der Waals surface area contributed by atoms with Gasteiger partial charge in [-0.2, -0.15) is 18.3 Å². The van der Waals surface area contributed by atoms with E-state index in [-0.39, 0.29) is 23.8 Å². The number of amides is 1. The third-order valence-corrected chi connectivity index (χ3v) is 5.55. The van der Waals surface area contributed by atoms with E-state index in [9.17, 15) is 22.8 Å².